The van der Waals surface area contributed by atoms with E-state index in [9.17, 15) is 17.6 Å². The van der Waals surface area contributed by atoms with Gasteiger partial charge in [0.05, 0.1) is 17.6 Å². The van der Waals surface area contributed by atoms with Crippen LogP contribution in [0.1, 0.15) is 10.4 Å². The van der Waals surface area contributed by atoms with Crippen LogP contribution in [0, 0.1) is 5.82 Å². The van der Waals surface area contributed by atoms with Crippen LogP contribution in [-0.4, -0.2) is 51.9 Å². The van der Waals surface area contributed by atoms with Gasteiger partial charge in [0.1, 0.15) is 11.6 Å². The molecule has 7 nitrogen and oxygen atoms in total. The number of piperazine rings is 1. The molecule has 178 valence electrons. The SMILES string of the molecule is COc1ccc(NC(=O)c2cc(S(=O)(=O)N3CCN(c4cccc(Cl)c4)CC3)ccc2F)cc1. The maximum Gasteiger partial charge on any atom is 0.258 e. The summed E-state index contributed by atoms with van der Waals surface area (Å²) in [5.74, 6) is -0.950. The molecule has 3 aromatic carbocycles. The van der Waals surface area contributed by atoms with Crippen LogP contribution in [0.25, 0.3) is 0 Å². The minimum atomic E-state index is -3.91. The number of halogens is 2. The largest absolute Gasteiger partial charge is 0.497 e. The third-order valence-electron chi connectivity index (χ3n) is 5.58. The highest BCUT2D eigenvalue weighted by Gasteiger charge is 2.30. The maximum atomic E-state index is 14.4. The van der Waals surface area contributed by atoms with E-state index in [0.717, 1.165) is 17.8 Å². The molecule has 3 aromatic rings. The predicted molar refractivity (Wildman–Crippen MR) is 130 cm³/mol. The van der Waals surface area contributed by atoms with E-state index >= 15 is 0 Å². The molecule has 0 saturated carbocycles. The van der Waals surface area contributed by atoms with E-state index in [2.05, 4.69) is 10.2 Å². The van der Waals surface area contributed by atoms with Crippen LogP contribution in [0.5, 0.6) is 5.75 Å². The topological polar surface area (TPSA) is 78.9 Å². The van der Waals surface area contributed by atoms with Crippen LogP contribution >= 0.6 is 11.6 Å². The third kappa shape index (κ3) is 5.16. The van der Waals surface area contributed by atoms with E-state index in [0.29, 0.717) is 29.5 Å². The van der Waals surface area contributed by atoms with Crippen LogP contribution < -0.4 is 15.0 Å². The summed E-state index contributed by atoms with van der Waals surface area (Å²) >= 11 is 6.06. The van der Waals surface area contributed by atoms with Crippen molar-refractivity contribution in [3.63, 3.8) is 0 Å². The summed E-state index contributed by atoms with van der Waals surface area (Å²) in [6.07, 6.45) is 0. The number of carbonyl (C=O) groups is 1. The van der Waals surface area contributed by atoms with Crippen LogP contribution in [0.3, 0.4) is 0 Å². The Labute approximate surface area is 202 Å². The molecule has 10 heteroatoms. The van der Waals surface area contributed by atoms with Gasteiger partial charge in [-0.2, -0.15) is 4.31 Å². The first kappa shape index (κ1) is 24.0. The van der Waals surface area contributed by atoms with E-state index in [1.165, 1.54) is 17.5 Å². The zero-order valence-corrected chi connectivity index (χ0v) is 19.9. The highest BCUT2D eigenvalue weighted by atomic mass is 35.5. The van der Waals surface area contributed by atoms with Gasteiger partial charge in [-0.3, -0.25) is 4.79 Å². The summed E-state index contributed by atoms with van der Waals surface area (Å²) in [7, 11) is -2.39. The number of hydrogen-bond acceptors (Lipinski definition) is 5. The van der Waals surface area contributed by atoms with Crippen molar-refractivity contribution in [3.8, 4) is 5.75 Å². The molecular weight excluding hydrogens is 481 g/mol. The Kier molecular flexibility index (Phi) is 7.06. The van der Waals surface area contributed by atoms with Gasteiger partial charge in [-0.15, -0.1) is 0 Å². The summed E-state index contributed by atoms with van der Waals surface area (Å²) < 4.78 is 47.3. The number of benzene rings is 3. The Morgan fingerprint density at radius 3 is 2.35 bits per heavy atom. The van der Waals surface area contributed by atoms with Crippen molar-refractivity contribution in [1.29, 1.82) is 0 Å². The minimum Gasteiger partial charge on any atom is -0.497 e. The fraction of sp³-hybridized carbons (Fsp3) is 0.208. The van der Waals surface area contributed by atoms with Gasteiger partial charge in [0.2, 0.25) is 10.0 Å². The van der Waals surface area contributed by atoms with Crippen molar-refractivity contribution in [2.45, 2.75) is 4.90 Å². The normalized spacial score (nSPS) is 14.6. The number of sulfonamides is 1. The monoisotopic (exact) mass is 503 g/mol. The lowest BCUT2D eigenvalue weighted by molar-refractivity contribution is 0.102. The van der Waals surface area contributed by atoms with E-state index in [1.54, 1.807) is 30.3 Å². The zero-order chi connectivity index (χ0) is 24.3. The lowest BCUT2D eigenvalue weighted by Crippen LogP contribution is -2.48. The predicted octanol–water partition coefficient (Wildman–Crippen LogP) is 4.25. The van der Waals surface area contributed by atoms with Crippen molar-refractivity contribution in [2.24, 2.45) is 0 Å². The standard InChI is InChI=1S/C24H23ClFN3O4S/c1-33-20-7-5-18(6-8-20)27-24(30)22-16-21(9-10-23(22)26)34(31,32)29-13-11-28(12-14-29)19-4-2-3-17(25)15-19/h2-10,15-16H,11-14H2,1H3,(H,27,30). The smallest absolute Gasteiger partial charge is 0.258 e. The summed E-state index contributed by atoms with van der Waals surface area (Å²) in [6, 6.07) is 17.1. The quantitative estimate of drug-likeness (QED) is 0.544. The van der Waals surface area contributed by atoms with Gasteiger partial charge in [-0.1, -0.05) is 17.7 Å². The van der Waals surface area contributed by atoms with Crippen molar-refractivity contribution >= 4 is 38.9 Å². The van der Waals surface area contributed by atoms with Gasteiger partial charge in [-0.25, -0.2) is 12.8 Å². The molecule has 1 amide bonds. The van der Waals surface area contributed by atoms with Crippen LogP contribution in [0.2, 0.25) is 5.02 Å². The lowest BCUT2D eigenvalue weighted by Gasteiger charge is -2.35. The highest BCUT2D eigenvalue weighted by molar-refractivity contribution is 7.89. The molecule has 0 aliphatic carbocycles. The molecule has 1 aliphatic rings. The van der Waals surface area contributed by atoms with E-state index in [1.807, 2.05) is 18.2 Å². The Hall–Kier alpha value is -3.14. The van der Waals surface area contributed by atoms with Crippen LogP contribution in [0.15, 0.2) is 71.6 Å². The molecule has 0 spiro atoms. The number of rotatable bonds is 6. The zero-order valence-electron chi connectivity index (χ0n) is 18.4. The van der Waals surface area contributed by atoms with Gasteiger partial charge in [-0.05, 0) is 60.7 Å². The van der Waals surface area contributed by atoms with Crippen molar-refractivity contribution in [1.82, 2.24) is 4.31 Å². The Morgan fingerprint density at radius 2 is 1.71 bits per heavy atom. The lowest BCUT2D eigenvalue weighted by atomic mass is 10.2. The van der Waals surface area contributed by atoms with Gasteiger partial charge in [0.15, 0.2) is 0 Å². The van der Waals surface area contributed by atoms with Crippen molar-refractivity contribution in [3.05, 3.63) is 83.1 Å². The van der Waals surface area contributed by atoms with Gasteiger partial charge >= 0.3 is 0 Å². The molecule has 1 aliphatic heterocycles. The molecule has 0 unspecified atom stereocenters. The summed E-state index contributed by atoms with van der Waals surface area (Å²) in [6.45, 7) is 1.45. The molecule has 0 aromatic heterocycles. The third-order valence-corrected chi connectivity index (χ3v) is 7.71. The number of methoxy groups -OCH3 is 1. The van der Waals surface area contributed by atoms with E-state index in [-0.39, 0.29) is 23.5 Å². The number of nitrogens with one attached hydrogen (secondary N) is 1. The number of hydrogen-bond donors (Lipinski definition) is 1. The fourth-order valence-corrected chi connectivity index (χ4v) is 5.35. The summed E-state index contributed by atoms with van der Waals surface area (Å²) in [5.41, 5.74) is 0.994. The molecule has 0 atom stereocenters. The molecule has 34 heavy (non-hydrogen) atoms. The number of nitrogens with zero attached hydrogens (tertiary/aromatic N) is 2. The maximum absolute atomic E-state index is 14.4. The molecular formula is C24H23ClFN3O4S. The highest BCUT2D eigenvalue weighted by Crippen LogP contribution is 2.25. The number of anilines is 2. The summed E-state index contributed by atoms with van der Waals surface area (Å²) in [5, 5.41) is 3.19. The molecule has 4 rings (SSSR count). The second kappa shape index (κ2) is 10.0. The number of amides is 1. The Bertz CT molecular complexity index is 1290. The molecule has 1 N–H and O–H groups in total. The molecule has 0 radical (unpaired) electrons. The molecule has 1 saturated heterocycles. The van der Waals surface area contributed by atoms with Crippen molar-refractivity contribution < 1.29 is 22.3 Å². The molecule has 1 heterocycles. The van der Waals surface area contributed by atoms with E-state index < -0.39 is 21.7 Å². The van der Waals surface area contributed by atoms with Crippen molar-refractivity contribution in [2.75, 3.05) is 43.5 Å². The first-order chi connectivity index (χ1) is 16.3. The molecule has 0 bridgehead atoms. The number of ether oxygens (including phenoxy) is 1. The van der Waals surface area contributed by atoms with Gasteiger partial charge < -0.3 is 15.0 Å². The second-order valence-corrected chi connectivity index (χ2v) is 10.1. The Morgan fingerprint density at radius 1 is 1.00 bits per heavy atom. The van der Waals surface area contributed by atoms with Crippen LogP contribution in [0.4, 0.5) is 15.8 Å². The first-order valence-electron chi connectivity index (χ1n) is 10.5. The van der Waals surface area contributed by atoms with Gasteiger partial charge in [0.25, 0.3) is 5.91 Å². The second-order valence-electron chi connectivity index (χ2n) is 7.70. The summed E-state index contributed by atoms with van der Waals surface area (Å²) in [4.78, 5) is 14.6. The van der Waals surface area contributed by atoms with E-state index in [4.69, 9.17) is 16.3 Å². The average molecular weight is 504 g/mol. The van der Waals surface area contributed by atoms with Gasteiger partial charge in [0, 0.05) is 42.6 Å². The minimum absolute atomic E-state index is 0.134. The average Bonchev–Trinajstić information content (AvgIpc) is 2.84. The number of carbonyl (C=O) groups excluding carboxylic acids is 1. The molecule has 1 fully saturated rings. The Balaban J connectivity index is 1.49. The fourth-order valence-electron chi connectivity index (χ4n) is 3.72. The first-order valence-corrected chi connectivity index (χ1v) is 12.4. The van der Waals surface area contributed by atoms with Crippen LogP contribution in [-0.2, 0) is 10.0 Å².